The van der Waals surface area contributed by atoms with Crippen LogP contribution < -0.4 is 0 Å². The quantitative estimate of drug-likeness (QED) is 0.182. The molecule has 56 heavy (non-hydrogen) atoms. The van der Waals surface area contributed by atoms with Crippen molar-refractivity contribution in [2.75, 3.05) is 0 Å². The van der Waals surface area contributed by atoms with Crippen molar-refractivity contribution in [1.29, 1.82) is 5.26 Å². The van der Waals surface area contributed by atoms with Crippen molar-refractivity contribution in [2.45, 2.75) is 12.8 Å². The van der Waals surface area contributed by atoms with Crippen LogP contribution in [-0.2, 0) is 12.8 Å². The number of hydrogen-bond donors (Lipinski definition) is 0. The standard InChI is InChI=1S/C52H31N3S/c53-30-31-13-15-33(16-14-31)39-24-25-40(43-12-6-5-11-42(39)43)34-17-19-35(20-18-34)48-29-46-44-23-21-32-7-3-4-10-41(32)50(44)56-51(46)52-54-49-45-28-37-9-2-1-8-36(37)27-38(45)22-26-47(49)55(48)52/h1-21,23-25,27-29H,22,26H2. The molecule has 0 unspecified atom stereocenters. The number of hydrogen-bond acceptors (Lipinski definition) is 3. The second kappa shape index (κ2) is 12.0. The van der Waals surface area contributed by atoms with E-state index in [9.17, 15) is 5.26 Å². The van der Waals surface area contributed by atoms with Gasteiger partial charge in [0.1, 0.15) is 0 Å². The molecule has 8 aromatic carbocycles. The number of pyridine rings is 1. The number of nitrogens with zero attached hydrogens (tertiary/aromatic N) is 3. The summed E-state index contributed by atoms with van der Waals surface area (Å²) < 4.78 is 5.03. The fourth-order valence-electron chi connectivity index (χ4n) is 9.19. The first-order valence-corrected chi connectivity index (χ1v) is 20.0. The molecule has 0 fully saturated rings. The van der Waals surface area contributed by atoms with Crippen molar-refractivity contribution in [3.8, 4) is 50.8 Å². The number of imidazole rings is 1. The van der Waals surface area contributed by atoms with Gasteiger partial charge in [0.25, 0.3) is 0 Å². The number of fused-ring (bicyclic) bond motifs is 13. The van der Waals surface area contributed by atoms with E-state index in [0.717, 1.165) is 35.3 Å². The lowest BCUT2D eigenvalue weighted by Gasteiger charge is -2.18. The summed E-state index contributed by atoms with van der Waals surface area (Å²) in [6, 6.07) is 61.5. The van der Waals surface area contributed by atoms with Crippen LogP contribution in [0.4, 0.5) is 0 Å². The molecule has 11 aromatic rings. The number of thiophene rings is 1. The highest BCUT2D eigenvalue weighted by molar-refractivity contribution is 7.27. The Hall–Kier alpha value is -7.06. The van der Waals surface area contributed by atoms with Crippen LogP contribution in [0.1, 0.15) is 16.8 Å². The molecular weight excluding hydrogens is 699 g/mol. The van der Waals surface area contributed by atoms with Crippen LogP contribution in [0.15, 0.2) is 164 Å². The number of aryl methyl sites for hydroxylation is 2. The van der Waals surface area contributed by atoms with E-state index in [1.807, 2.05) is 35.6 Å². The average Bonchev–Trinajstić information content (AvgIpc) is 3.85. The predicted octanol–water partition coefficient (Wildman–Crippen LogP) is 13.8. The minimum absolute atomic E-state index is 0.668. The Kier molecular flexibility index (Phi) is 6.69. The maximum atomic E-state index is 9.35. The zero-order chi connectivity index (χ0) is 36.9. The molecule has 0 aliphatic heterocycles. The number of aromatic nitrogens is 2. The summed E-state index contributed by atoms with van der Waals surface area (Å²) in [7, 11) is 0. The zero-order valence-electron chi connectivity index (χ0n) is 30.3. The molecular formula is C52H31N3S. The third-order valence-electron chi connectivity index (χ3n) is 11.9. The van der Waals surface area contributed by atoms with Gasteiger partial charge >= 0.3 is 0 Å². The Balaban J connectivity index is 1.06. The highest BCUT2D eigenvalue weighted by Crippen LogP contribution is 2.46. The van der Waals surface area contributed by atoms with Gasteiger partial charge in [-0.1, -0.05) is 140 Å². The summed E-state index contributed by atoms with van der Waals surface area (Å²) in [5, 5.41) is 19.4. The Bertz CT molecular complexity index is 3470. The summed E-state index contributed by atoms with van der Waals surface area (Å²) in [6.07, 6.45) is 1.92. The van der Waals surface area contributed by atoms with Crippen LogP contribution in [0.2, 0.25) is 0 Å². The molecule has 3 heterocycles. The van der Waals surface area contributed by atoms with E-state index in [-0.39, 0.29) is 0 Å². The van der Waals surface area contributed by atoms with Crippen molar-refractivity contribution in [3.05, 3.63) is 181 Å². The van der Waals surface area contributed by atoms with Crippen molar-refractivity contribution >= 4 is 69.5 Å². The molecule has 0 saturated carbocycles. The summed E-state index contributed by atoms with van der Waals surface area (Å²) in [6.45, 7) is 0. The minimum Gasteiger partial charge on any atom is -0.295 e. The van der Waals surface area contributed by atoms with Gasteiger partial charge in [0, 0.05) is 21.0 Å². The lowest BCUT2D eigenvalue weighted by atomic mass is 9.89. The lowest BCUT2D eigenvalue weighted by molar-refractivity contribution is 0.886. The SMILES string of the molecule is N#Cc1ccc(-c2ccc(-c3ccc(-c4cc5c6ccc7ccccc7c6sc5c5nc6c(n45)CCc4cc5ccccc5cc4-6)cc3)c3ccccc23)cc1. The second-order valence-corrected chi connectivity index (χ2v) is 16.0. The summed E-state index contributed by atoms with van der Waals surface area (Å²) in [5.74, 6) is 0. The highest BCUT2D eigenvalue weighted by atomic mass is 32.1. The molecule has 4 heteroatoms. The molecule has 260 valence electrons. The topological polar surface area (TPSA) is 41.1 Å². The fraction of sp³-hybridized carbons (Fsp3) is 0.0385. The van der Waals surface area contributed by atoms with E-state index in [2.05, 4.69) is 150 Å². The van der Waals surface area contributed by atoms with Crippen molar-refractivity contribution < 1.29 is 0 Å². The fourth-order valence-corrected chi connectivity index (χ4v) is 10.5. The summed E-state index contributed by atoms with van der Waals surface area (Å²) in [5.41, 5.74) is 13.7. The summed E-state index contributed by atoms with van der Waals surface area (Å²) in [4.78, 5) is 5.59. The maximum Gasteiger partial charge on any atom is 0.156 e. The van der Waals surface area contributed by atoms with Crippen LogP contribution in [0.5, 0.6) is 0 Å². The molecule has 3 aromatic heterocycles. The molecule has 0 spiro atoms. The first-order valence-electron chi connectivity index (χ1n) is 19.1. The average molecular weight is 730 g/mol. The van der Waals surface area contributed by atoms with E-state index in [4.69, 9.17) is 4.98 Å². The monoisotopic (exact) mass is 729 g/mol. The third kappa shape index (κ3) is 4.59. The van der Waals surface area contributed by atoms with E-state index in [0.29, 0.717) is 5.56 Å². The van der Waals surface area contributed by atoms with Gasteiger partial charge in [0.15, 0.2) is 5.65 Å². The first kappa shape index (κ1) is 31.3. The Labute approximate surface area is 327 Å². The predicted molar refractivity (Wildman–Crippen MR) is 234 cm³/mol. The van der Waals surface area contributed by atoms with Gasteiger partial charge in [0.05, 0.1) is 33.4 Å². The molecule has 0 atom stereocenters. The zero-order valence-corrected chi connectivity index (χ0v) is 31.1. The number of benzene rings is 8. The van der Waals surface area contributed by atoms with E-state index in [1.54, 1.807) is 0 Å². The Morgan fingerprint density at radius 2 is 1.12 bits per heavy atom. The molecule has 3 nitrogen and oxygen atoms in total. The number of nitriles is 1. The molecule has 0 N–H and O–H groups in total. The number of rotatable bonds is 3. The van der Waals surface area contributed by atoms with E-state index < -0.39 is 0 Å². The normalized spacial score (nSPS) is 12.5. The third-order valence-corrected chi connectivity index (χ3v) is 13.2. The van der Waals surface area contributed by atoms with Crippen LogP contribution in [0.3, 0.4) is 0 Å². The molecule has 12 rings (SSSR count). The van der Waals surface area contributed by atoms with Gasteiger partial charge in [-0.15, -0.1) is 11.3 Å². The second-order valence-electron chi connectivity index (χ2n) is 14.9. The van der Waals surface area contributed by atoms with Crippen LogP contribution in [-0.4, -0.2) is 9.38 Å². The molecule has 1 aliphatic rings. The minimum atomic E-state index is 0.668. The van der Waals surface area contributed by atoms with Crippen molar-refractivity contribution in [3.63, 3.8) is 0 Å². The van der Waals surface area contributed by atoms with Gasteiger partial charge in [-0.2, -0.15) is 5.26 Å². The van der Waals surface area contributed by atoms with Crippen molar-refractivity contribution in [2.24, 2.45) is 0 Å². The van der Waals surface area contributed by atoms with E-state index in [1.165, 1.54) is 91.7 Å². The molecule has 0 amide bonds. The van der Waals surface area contributed by atoms with Gasteiger partial charge in [0.2, 0.25) is 0 Å². The molecule has 0 bridgehead atoms. The largest absolute Gasteiger partial charge is 0.295 e. The van der Waals surface area contributed by atoms with Crippen LogP contribution in [0, 0.1) is 11.3 Å². The van der Waals surface area contributed by atoms with Gasteiger partial charge < -0.3 is 0 Å². The van der Waals surface area contributed by atoms with Gasteiger partial charge in [-0.3, -0.25) is 4.40 Å². The molecule has 0 saturated heterocycles. The van der Waals surface area contributed by atoms with Gasteiger partial charge in [-0.05, 0) is 103 Å². The van der Waals surface area contributed by atoms with E-state index >= 15 is 0 Å². The molecule has 1 aliphatic carbocycles. The first-order chi connectivity index (χ1) is 27.7. The maximum absolute atomic E-state index is 9.35. The lowest BCUT2D eigenvalue weighted by Crippen LogP contribution is -2.07. The van der Waals surface area contributed by atoms with Crippen LogP contribution >= 0.6 is 11.3 Å². The summed E-state index contributed by atoms with van der Waals surface area (Å²) >= 11 is 1.88. The molecule has 0 radical (unpaired) electrons. The highest BCUT2D eigenvalue weighted by Gasteiger charge is 2.26. The van der Waals surface area contributed by atoms with Gasteiger partial charge in [-0.25, -0.2) is 4.98 Å². The Morgan fingerprint density at radius 3 is 1.84 bits per heavy atom. The van der Waals surface area contributed by atoms with Crippen molar-refractivity contribution in [1.82, 2.24) is 9.38 Å². The van der Waals surface area contributed by atoms with Crippen LogP contribution in [0.25, 0.3) is 103 Å². The Morgan fingerprint density at radius 1 is 0.500 bits per heavy atom. The smallest absolute Gasteiger partial charge is 0.156 e.